The predicted octanol–water partition coefficient (Wildman–Crippen LogP) is 3.80. The number of nitrogens with zero attached hydrogens (tertiary/aromatic N) is 3. The first-order chi connectivity index (χ1) is 12.4. The molecular weight excluding hydrogens is 366 g/mol. The van der Waals surface area contributed by atoms with Gasteiger partial charge in [-0.1, -0.05) is 19.6 Å². The average Bonchev–Trinajstić information content (AvgIpc) is 2.93. The number of aromatic nitrogens is 2. The zero-order valence-corrected chi connectivity index (χ0v) is 18.3. The third-order valence-corrected chi connectivity index (χ3v) is 5.25. The summed E-state index contributed by atoms with van der Waals surface area (Å²) in [5, 5.41) is 8.87. The van der Waals surface area contributed by atoms with Gasteiger partial charge in [0.2, 0.25) is 5.95 Å². The summed E-state index contributed by atoms with van der Waals surface area (Å²) in [5.41, 5.74) is -0.659. The van der Waals surface area contributed by atoms with E-state index in [0.717, 1.165) is 6.04 Å². The van der Waals surface area contributed by atoms with Gasteiger partial charge in [-0.2, -0.15) is 0 Å². The molecule has 0 fully saturated rings. The predicted molar refractivity (Wildman–Crippen MR) is 107 cm³/mol. The summed E-state index contributed by atoms with van der Waals surface area (Å²) in [6.45, 7) is 13.3. The molecule has 9 heteroatoms. The highest BCUT2D eigenvalue weighted by atomic mass is 28.3. The van der Waals surface area contributed by atoms with Crippen molar-refractivity contribution in [2.75, 3.05) is 18.1 Å². The lowest BCUT2D eigenvalue weighted by Gasteiger charge is -2.27. The van der Waals surface area contributed by atoms with Crippen LogP contribution in [0.2, 0.25) is 25.7 Å². The largest absolute Gasteiger partial charge is 0.481 e. The minimum absolute atomic E-state index is 0.0350. The SMILES string of the molecule is CC(C)(C)OC(=O)N(CCCC(=O)O)c1nccn1COCC[Si](C)(C)C. The van der Waals surface area contributed by atoms with Gasteiger partial charge in [0, 0.05) is 40.0 Å². The van der Waals surface area contributed by atoms with Crippen molar-refractivity contribution in [3.05, 3.63) is 12.4 Å². The Bertz CT molecular complexity index is 619. The maximum Gasteiger partial charge on any atom is 0.417 e. The van der Waals surface area contributed by atoms with Crippen LogP contribution in [0.1, 0.15) is 33.6 Å². The van der Waals surface area contributed by atoms with Crippen LogP contribution in [-0.4, -0.2) is 53.5 Å². The molecule has 0 saturated carbocycles. The molecule has 0 atom stereocenters. The van der Waals surface area contributed by atoms with Crippen molar-refractivity contribution in [2.24, 2.45) is 0 Å². The van der Waals surface area contributed by atoms with Crippen molar-refractivity contribution in [2.45, 2.75) is 71.6 Å². The van der Waals surface area contributed by atoms with E-state index in [1.165, 1.54) is 4.90 Å². The number of carboxylic acid groups (broad SMARTS) is 1. The van der Waals surface area contributed by atoms with Gasteiger partial charge in [0.05, 0.1) is 0 Å². The molecule has 0 aliphatic heterocycles. The molecule has 8 nitrogen and oxygen atoms in total. The molecule has 1 heterocycles. The molecule has 1 rings (SSSR count). The molecule has 0 aliphatic carbocycles. The first kappa shape index (κ1) is 23.2. The fraction of sp³-hybridized carbons (Fsp3) is 0.722. The van der Waals surface area contributed by atoms with Crippen molar-refractivity contribution in [3.63, 3.8) is 0 Å². The molecule has 1 aromatic rings. The molecular formula is C18H33N3O5Si. The van der Waals surface area contributed by atoms with Crippen LogP contribution in [0.3, 0.4) is 0 Å². The standard InChI is InChI=1S/C18H33N3O5Si/c1-18(2,3)26-17(24)21(10-7-8-15(22)23)16-19-9-11-20(16)14-25-12-13-27(4,5)6/h9,11H,7-8,10,12-14H2,1-6H3,(H,22,23). The molecule has 0 aliphatic rings. The van der Waals surface area contributed by atoms with Gasteiger partial charge in [0.25, 0.3) is 0 Å². The van der Waals surface area contributed by atoms with Crippen LogP contribution in [0.25, 0.3) is 0 Å². The molecule has 0 spiro atoms. The maximum absolute atomic E-state index is 12.6. The number of imidazole rings is 1. The third kappa shape index (κ3) is 9.57. The zero-order chi connectivity index (χ0) is 20.7. The Hall–Kier alpha value is -1.87. The van der Waals surface area contributed by atoms with Crippen LogP contribution < -0.4 is 4.90 Å². The van der Waals surface area contributed by atoms with Gasteiger partial charge in [0.1, 0.15) is 12.3 Å². The summed E-state index contributed by atoms with van der Waals surface area (Å²) in [5.74, 6) is -0.514. The number of amides is 1. The smallest absolute Gasteiger partial charge is 0.417 e. The zero-order valence-electron chi connectivity index (χ0n) is 17.3. The van der Waals surface area contributed by atoms with E-state index in [1.54, 1.807) is 37.7 Å². The van der Waals surface area contributed by atoms with Gasteiger partial charge < -0.3 is 14.6 Å². The molecule has 1 amide bonds. The lowest BCUT2D eigenvalue weighted by atomic mass is 10.2. The monoisotopic (exact) mass is 399 g/mol. The molecule has 1 aromatic heterocycles. The number of ether oxygens (including phenoxy) is 2. The van der Waals surface area contributed by atoms with E-state index >= 15 is 0 Å². The van der Waals surface area contributed by atoms with E-state index in [9.17, 15) is 9.59 Å². The second-order valence-corrected chi connectivity index (χ2v) is 14.3. The highest BCUT2D eigenvalue weighted by Crippen LogP contribution is 2.18. The number of hydrogen-bond donors (Lipinski definition) is 1. The minimum atomic E-state index is -1.18. The number of hydrogen-bond acceptors (Lipinski definition) is 5. The Morgan fingerprint density at radius 1 is 1.30 bits per heavy atom. The normalized spacial score (nSPS) is 12.1. The summed E-state index contributed by atoms with van der Waals surface area (Å²) in [6.07, 6.45) is 3.04. The second-order valence-electron chi connectivity index (χ2n) is 8.67. The summed E-state index contributed by atoms with van der Waals surface area (Å²) < 4.78 is 12.9. The number of carboxylic acids is 1. The Morgan fingerprint density at radius 3 is 2.52 bits per heavy atom. The van der Waals surface area contributed by atoms with Crippen LogP contribution in [0.15, 0.2) is 12.4 Å². The molecule has 0 bridgehead atoms. The van der Waals surface area contributed by atoms with Gasteiger partial charge in [-0.15, -0.1) is 0 Å². The van der Waals surface area contributed by atoms with Gasteiger partial charge in [-0.05, 0) is 33.2 Å². The Morgan fingerprint density at radius 2 is 1.96 bits per heavy atom. The molecule has 0 aromatic carbocycles. The molecule has 0 unspecified atom stereocenters. The number of carbonyl (C=O) groups is 2. The van der Waals surface area contributed by atoms with E-state index in [4.69, 9.17) is 14.6 Å². The van der Waals surface area contributed by atoms with Gasteiger partial charge >= 0.3 is 12.1 Å². The lowest BCUT2D eigenvalue weighted by Crippen LogP contribution is -2.39. The molecule has 154 valence electrons. The van der Waals surface area contributed by atoms with Crippen molar-refractivity contribution in [1.82, 2.24) is 9.55 Å². The van der Waals surface area contributed by atoms with Crippen LogP contribution in [0.5, 0.6) is 0 Å². The highest BCUT2D eigenvalue weighted by molar-refractivity contribution is 6.76. The van der Waals surface area contributed by atoms with E-state index in [1.807, 2.05) is 0 Å². The summed E-state index contributed by atoms with van der Waals surface area (Å²) in [4.78, 5) is 29.1. The molecule has 27 heavy (non-hydrogen) atoms. The van der Waals surface area contributed by atoms with E-state index < -0.39 is 25.7 Å². The van der Waals surface area contributed by atoms with Crippen LogP contribution in [0.4, 0.5) is 10.7 Å². The second kappa shape index (κ2) is 9.89. The fourth-order valence-corrected chi connectivity index (χ4v) is 2.92. The Labute approximate surface area is 162 Å². The highest BCUT2D eigenvalue weighted by Gasteiger charge is 2.26. The first-order valence-corrected chi connectivity index (χ1v) is 12.9. The van der Waals surface area contributed by atoms with Crippen LogP contribution in [-0.2, 0) is 21.0 Å². The minimum Gasteiger partial charge on any atom is -0.481 e. The van der Waals surface area contributed by atoms with Gasteiger partial charge in [-0.3, -0.25) is 9.36 Å². The van der Waals surface area contributed by atoms with E-state index in [2.05, 4.69) is 24.6 Å². The van der Waals surface area contributed by atoms with Crippen LogP contribution in [0, 0.1) is 0 Å². The first-order valence-electron chi connectivity index (χ1n) is 9.20. The van der Waals surface area contributed by atoms with E-state index in [-0.39, 0.29) is 19.7 Å². The van der Waals surface area contributed by atoms with E-state index in [0.29, 0.717) is 19.0 Å². The summed E-state index contributed by atoms with van der Waals surface area (Å²) >= 11 is 0. The Balaban J connectivity index is 2.83. The number of anilines is 1. The molecule has 0 saturated heterocycles. The van der Waals surface area contributed by atoms with Gasteiger partial charge in [0.15, 0.2) is 0 Å². The lowest BCUT2D eigenvalue weighted by molar-refractivity contribution is -0.137. The van der Waals surface area contributed by atoms with Gasteiger partial charge in [-0.25, -0.2) is 14.7 Å². The maximum atomic E-state index is 12.6. The number of aliphatic carboxylic acids is 1. The summed E-state index contributed by atoms with van der Waals surface area (Å²) in [6, 6.07) is 1.05. The Kier molecular flexibility index (Phi) is 8.48. The number of rotatable bonds is 10. The average molecular weight is 400 g/mol. The van der Waals surface area contributed by atoms with Crippen molar-refractivity contribution in [1.29, 1.82) is 0 Å². The fourth-order valence-electron chi connectivity index (χ4n) is 2.17. The quantitative estimate of drug-likeness (QED) is 0.475. The van der Waals surface area contributed by atoms with Crippen molar-refractivity contribution in [3.8, 4) is 0 Å². The van der Waals surface area contributed by atoms with Crippen molar-refractivity contribution < 1.29 is 24.2 Å². The molecule has 1 N–H and O–H groups in total. The third-order valence-electron chi connectivity index (χ3n) is 3.55. The topological polar surface area (TPSA) is 93.9 Å². The summed E-state index contributed by atoms with van der Waals surface area (Å²) in [7, 11) is -1.18. The van der Waals surface area contributed by atoms with Crippen LogP contribution >= 0.6 is 0 Å². The van der Waals surface area contributed by atoms with Crippen molar-refractivity contribution >= 4 is 26.1 Å². The number of carbonyl (C=O) groups excluding carboxylic acids is 1. The molecule has 0 radical (unpaired) electrons.